The van der Waals surface area contributed by atoms with Gasteiger partial charge in [0.1, 0.15) is 0 Å². The number of nitrogen functional groups attached to an aromatic ring is 1. The van der Waals surface area contributed by atoms with E-state index in [1.165, 1.54) is 16.4 Å². The van der Waals surface area contributed by atoms with Crippen molar-refractivity contribution in [3.8, 4) is 0 Å². The minimum Gasteiger partial charge on any atom is -0.399 e. The van der Waals surface area contributed by atoms with E-state index < -0.39 is 20.6 Å². The van der Waals surface area contributed by atoms with E-state index in [4.69, 9.17) is 5.73 Å². The molecule has 2 atom stereocenters. The molecule has 0 radical (unpaired) electrons. The van der Waals surface area contributed by atoms with Gasteiger partial charge in [-0.05, 0) is 37.8 Å². The second kappa shape index (κ2) is 5.61. The zero-order valence-electron chi connectivity index (χ0n) is 12.0. The van der Waals surface area contributed by atoms with Crippen LogP contribution in [-0.4, -0.2) is 30.2 Å². The summed E-state index contributed by atoms with van der Waals surface area (Å²) in [6, 6.07) is 3.50. The fourth-order valence-corrected chi connectivity index (χ4v) is 4.56. The number of hydrogen-bond acceptors (Lipinski definition) is 5. The van der Waals surface area contributed by atoms with E-state index in [9.17, 15) is 18.5 Å². The number of nitrogens with zero attached hydrogens (tertiary/aromatic N) is 2. The molecule has 1 heterocycles. The van der Waals surface area contributed by atoms with Gasteiger partial charge in [0.15, 0.2) is 4.90 Å². The molecule has 2 rings (SSSR count). The molecule has 8 heteroatoms. The third-order valence-electron chi connectivity index (χ3n) is 4.08. The molecule has 21 heavy (non-hydrogen) atoms. The van der Waals surface area contributed by atoms with Crippen LogP contribution >= 0.6 is 0 Å². The summed E-state index contributed by atoms with van der Waals surface area (Å²) in [5.74, 6) is 0.223. The summed E-state index contributed by atoms with van der Waals surface area (Å²) in [7, 11) is -3.90. The maximum atomic E-state index is 12.8. The van der Waals surface area contributed by atoms with Crippen molar-refractivity contribution in [2.24, 2.45) is 5.92 Å². The van der Waals surface area contributed by atoms with Gasteiger partial charge < -0.3 is 5.73 Å². The van der Waals surface area contributed by atoms with Crippen LogP contribution in [0.5, 0.6) is 0 Å². The van der Waals surface area contributed by atoms with Crippen molar-refractivity contribution in [2.45, 2.75) is 37.6 Å². The lowest BCUT2D eigenvalue weighted by molar-refractivity contribution is -0.387. The van der Waals surface area contributed by atoms with Gasteiger partial charge in [0, 0.05) is 24.3 Å². The first kappa shape index (κ1) is 15.7. The molecule has 0 amide bonds. The molecule has 0 spiro atoms. The number of anilines is 1. The highest BCUT2D eigenvalue weighted by atomic mass is 32.2. The van der Waals surface area contributed by atoms with Crippen molar-refractivity contribution in [2.75, 3.05) is 12.3 Å². The number of rotatable bonds is 3. The molecule has 0 aromatic heterocycles. The van der Waals surface area contributed by atoms with Gasteiger partial charge in [-0.25, -0.2) is 8.42 Å². The van der Waals surface area contributed by atoms with E-state index in [2.05, 4.69) is 0 Å². The summed E-state index contributed by atoms with van der Waals surface area (Å²) >= 11 is 0. The van der Waals surface area contributed by atoms with E-state index in [0.29, 0.717) is 6.54 Å². The zero-order chi connectivity index (χ0) is 15.8. The Bertz CT molecular complexity index is 659. The molecular weight excluding hydrogens is 294 g/mol. The quantitative estimate of drug-likeness (QED) is 0.521. The largest absolute Gasteiger partial charge is 0.399 e. The van der Waals surface area contributed by atoms with Gasteiger partial charge in [0.2, 0.25) is 10.0 Å². The molecule has 1 aliphatic heterocycles. The number of piperidine rings is 1. The van der Waals surface area contributed by atoms with Gasteiger partial charge in [-0.15, -0.1) is 0 Å². The maximum absolute atomic E-state index is 12.8. The molecule has 2 unspecified atom stereocenters. The Balaban J connectivity index is 2.52. The third kappa shape index (κ3) is 2.86. The fraction of sp³-hybridized carbons (Fsp3) is 0.538. The molecular formula is C13H19N3O4S. The van der Waals surface area contributed by atoms with E-state index in [0.717, 1.165) is 18.9 Å². The van der Waals surface area contributed by atoms with Gasteiger partial charge in [-0.1, -0.05) is 6.92 Å². The smallest absolute Gasteiger partial charge is 0.291 e. The number of nitrogens with two attached hydrogens (primary N) is 1. The molecule has 1 fully saturated rings. The first-order chi connectivity index (χ1) is 9.75. The van der Waals surface area contributed by atoms with Crippen LogP contribution in [0.1, 0.15) is 26.7 Å². The standard InChI is InChI=1S/C13H19N3O4S/c1-9-4-3-7-15(10(9)2)21(19,20)13-6-5-11(14)8-12(13)16(17)18/h5-6,8-10H,3-4,7,14H2,1-2H3. The first-order valence-electron chi connectivity index (χ1n) is 6.81. The SMILES string of the molecule is CC1CCCN(S(=O)(=O)c2ccc(N)cc2[N+](=O)[O-])C1C. The summed E-state index contributed by atoms with van der Waals surface area (Å²) in [5, 5.41) is 11.1. The van der Waals surface area contributed by atoms with Crippen LogP contribution in [0, 0.1) is 16.0 Å². The summed E-state index contributed by atoms with van der Waals surface area (Å²) < 4.78 is 26.9. The van der Waals surface area contributed by atoms with Crippen molar-refractivity contribution in [1.82, 2.24) is 4.31 Å². The summed E-state index contributed by atoms with van der Waals surface area (Å²) in [6.45, 7) is 4.21. The minimum atomic E-state index is -3.90. The van der Waals surface area contributed by atoms with Crippen LogP contribution in [0.3, 0.4) is 0 Å². The topological polar surface area (TPSA) is 107 Å². The number of sulfonamides is 1. The normalized spacial score (nSPS) is 23.9. The number of nitro benzene ring substituents is 1. The molecule has 0 bridgehead atoms. The van der Waals surface area contributed by atoms with E-state index in [1.54, 1.807) is 0 Å². The lowest BCUT2D eigenvalue weighted by atomic mass is 9.94. The number of nitro groups is 1. The van der Waals surface area contributed by atoms with Crippen LogP contribution < -0.4 is 5.73 Å². The van der Waals surface area contributed by atoms with Crippen molar-refractivity contribution in [3.05, 3.63) is 28.3 Å². The van der Waals surface area contributed by atoms with Gasteiger partial charge >= 0.3 is 0 Å². The maximum Gasteiger partial charge on any atom is 0.291 e. The Kier molecular flexibility index (Phi) is 4.20. The highest BCUT2D eigenvalue weighted by Gasteiger charge is 2.38. The Labute approximate surface area is 123 Å². The molecule has 7 nitrogen and oxygen atoms in total. The summed E-state index contributed by atoms with van der Waals surface area (Å²) in [4.78, 5) is 10.1. The van der Waals surface area contributed by atoms with E-state index >= 15 is 0 Å². The average Bonchev–Trinajstić information content (AvgIpc) is 2.41. The van der Waals surface area contributed by atoms with Crippen LogP contribution in [0.2, 0.25) is 0 Å². The van der Waals surface area contributed by atoms with Crippen LogP contribution in [0.25, 0.3) is 0 Å². The van der Waals surface area contributed by atoms with Crippen LogP contribution in [-0.2, 0) is 10.0 Å². The first-order valence-corrected chi connectivity index (χ1v) is 8.25. The third-order valence-corrected chi connectivity index (χ3v) is 6.12. The molecule has 1 aromatic rings. The van der Waals surface area contributed by atoms with E-state index in [1.807, 2.05) is 13.8 Å². The Morgan fingerprint density at radius 2 is 2.05 bits per heavy atom. The second-order valence-corrected chi connectivity index (χ2v) is 7.32. The van der Waals surface area contributed by atoms with Gasteiger partial charge in [-0.3, -0.25) is 10.1 Å². The molecule has 0 saturated carbocycles. The van der Waals surface area contributed by atoms with Gasteiger partial charge in [-0.2, -0.15) is 4.31 Å². The lowest BCUT2D eigenvalue weighted by Gasteiger charge is -2.36. The molecule has 2 N–H and O–H groups in total. The fourth-order valence-electron chi connectivity index (χ4n) is 2.66. The summed E-state index contributed by atoms with van der Waals surface area (Å²) in [6.07, 6.45) is 1.71. The Morgan fingerprint density at radius 3 is 2.67 bits per heavy atom. The van der Waals surface area contributed by atoms with Gasteiger partial charge in [0.25, 0.3) is 5.69 Å². The highest BCUT2D eigenvalue weighted by Crippen LogP contribution is 2.33. The average molecular weight is 313 g/mol. The monoisotopic (exact) mass is 313 g/mol. The highest BCUT2D eigenvalue weighted by molar-refractivity contribution is 7.89. The second-order valence-electron chi connectivity index (χ2n) is 5.46. The minimum absolute atomic E-state index is 0.167. The van der Waals surface area contributed by atoms with Crippen molar-refractivity contribution in [3.63, 3.8) is 0 Å². The van der Waals surface area contributed by atoms with E-state index in [-0.39, 0.29) is 22.5 Å². The van der Waals surface area contributed by atoms with Crippen LogP contribution in [0.15, 0.2) is 23.1 Å². The summed E-state index contributed by atoms with van der Waals surface area (Å²) in [5.41, 5.74) is 5.22. The number of benzene rings is 1. The van der Waals surface area contributed by atoms with Crippen molar-refractivity contribution in [1.29, 1.82) is 0 Å². The molecule has 1 aromatic carbocycles. The van der Waals surface area contributed by atoms with Crippen molar-refractivity contribution < 1.29 is 13.3 Å². The van der Waals surface area contributed by atoms with Crippen LogP contribution in [0.4, 0.5) is 11.4 Å². The Morgan fingerprint density at radius 1 is 1.38 bits per heavy atom. The predicted octanol–water partition coefficient (Wildman–Crippen LogP) is 1.99. The molecule has 0 aliphatic carbocycles. The molecule has 1 aliphatic rings. The number of hydrogen-bond donors (Lipinski definition) is 1. The van der Waals surface area contributed by atoms with Gasteiger partial charge in [0.05, 0.1) is 4.92 Å². The zero-order valence-corrected chi connectivity index (χ0v) is 12.8. The lowest BCUT2D eigenvalue weighted by Crippen LogP contribution is -2.46. The van der Waals surface area contributed by atoms with Crippen molar-refractivity contribution >= 4 is 21.4 Å². The predicted molar refractivity (Wildman–Crippen MR) is 79.3 cm³/mol. The Hall–Kier alpha value is -1.67. The molecule has 116 valence electrons. The molecule has 1 saturated heterocycles.